The Morgan fingerprint density at radius 3 is 2.67 bits per heavy atom. The maximum atomic E-state index is 10.9. The summed E-state index contributed by atoms with van der Waals surface area (Å²) >= 11 is 0. The molecule has 0 saturated carbocycles. The Kier molecular flexibility index (Phi) is 5.33. The zero-order chi connectivity index (χ0) is 16.8. The maximum absolute atomic E-state index is 10.9. The zero-order valence-corrected chi connectivity index (χ0v) is 13.5. The van der Waals surface area contributed by atoms with Gasteiger partial charge in [-0.2, -0.15) is 0 Å². The van der Waals surface area contributed by atoms with E-state index in [1.807, 2.05) is 18.2 Å². The molecular weight excluding hydrogens is 304 g/mol. The molecule has 0 aliphatic heterocycles. The summed E-state index contributed by atoms with van der Waals surface area (Å²) in [6.07, 6.45) is 4.07. The number of nitrogens with one attached hydrogen (secondary N) is 2. The number of amides is 1. The summed E-state index contributed by atoms with van der Waals surface area (Å²) in [5.74, 6) is 0.560. The van der Waals surface area contributed by atoms with E-state index in [0.29, 0.717) is 13.0 Å². The second kappa shape index (κ2) is 7.84. The molecule has 126 valence electrons. The second-order valence-electron chi connectivity index (χ2n) is 5.93. The normalized spacial score (nSPS) is 11.0. The number of rotatable bonds is 8. The molecule has 1 heterocycles. The summed E-state index contributed by atoms with van der Waals surface area (Å²) in [5.41, 5.74) is 3.90. The van der Waals surface area contributed by atoms with Gasteiger partial charge in [0.05, 0.1) is 6.61 Å². The van der Waals surface area contributed by atoms with E-state index in [1.165, 1.54) is 10.8 Å². The number of aromatic nitrogens is 1. The van der Waals surface area contributed by atoms with Gasteiger partial charge < -0.3 is 9.72 Å². The van der Waals surface area contributed by atoms with E-state index >= 15 is 0 Å². The van der Waals surface area contributed by atoms with E-state index in [-0.39, 0.29) is 5.91 Å². The Morgan fingerprint density at radius 2 is 1.79 bits per heavy atom. The van der Waals surface area contributed by atoms with E-state index < -0.39 is 0 Å². The SMILES string of the molecule is O=C(CCCCCCOc1ccc2[nH]c3ccccc3c2c1)NO. The minimum atomic E-state index is -0.321. The van der Waals surface area contributed by atoms with Gasteiger partial charge in [-0.3, -0.25) is 10.0 Å². The first-order valence-electron chi connectivity index (χ1n) is 8.34. The molecule has 0 fully saturated rings. The molecule has 0 spiro atoms. The standard InChI is InChI=1S/C19H22N2O3/c22-19(21-23)9-3-1-2-6-12-24-14-10-11-18-16(13-14)15-7-4-5-8-17(15)20-18/h4-5,7-8,10-11,13,20,23H,1-3,6,9,12H2,(H,21,22). The molecule has 1 aromatic heterocycles. The van der Waals surface area contributed by atoms with Gasteiger partial charge in [0.25, 0.3) is 0 Å². The maximum Gasteiger partial charge on any atom is 0.243 e. The van der Waals surface area contributed by atoms with Gasteiger partial charge in [-0.05, 0) is 37.1 Å². The molecule has 0 radical (unpaired) electrons. The summed E-state index contributed by atoms with van der Waals surface area (Å²) in [7, 11) is 0. The number of hydroxylamine groups is 1. The molecule has 5 nitrogen and oxygen atoms in total. The average molecular weight is 326 g/mol. The highest BCUT2D eigenvalue weighted by Crippen LogP contribution is 2.28. The first-order chi connectivity index (χ1) is 11.8. The van der Waals surface area contributed by atoms with Crippen molar-refractivity contribution in [2.75, 3.05) is 6.61 Å². The number of aromatic amines is 1. The number of unbranched alkanes of at least 4 members (excludes halogenated alkanes) is 3. The summed E-state index contributed by atoms with van der Waals surface area (Å²) in [6, 6.07) is 14.4. The molecule has 0 unspecified atom stereocenters. The smallest absolute Gasteiger partial charge is 0.243 e. The number of ether oxygens (including phenoxy) is 1. The Balaban J connectivity index is 1.49. The fourth-order valence-corrected chi connectivity index (χ4v) is 2.90. The predicted octanol–water partition coefficient (Wildman–Crippen LogP) is 4.16. The second-order valence-corrected chi connectivity index (χ2v) is 5.93. The summed E-state index contributed by atoms with van der Waals surface area (Å²) in [4.78, 5) is 14.3. The van der Waals surface area contributed by atoms with Gasteiger partial charge in [-0.1, -0.05) is 31.0 Å². The van der Waals surface area contributed by atoms with Crippen LogP contribution in [0.4, 0.5) is 0 Å². The van der Waals surface area contributed by atoms with Crippen LogP contribution in [0.3, 0.4) is 0 Å². The van der Waals surface area contributed by atoms with Gasteiger partial charge in [0.1, 0.15) is 5.75 Å². The monoisotopic (exact) mass is 326 g/mol. The number of hydrogen-bond acceptors (Lipinski definition) is 3. The van der Waals surface area contributed by atoms with Crippen LogP contribution in [0, 0.1) is 0 Å². The highest BCUT2D eigenvalue weighted by atomic mass is 16.5. The molecule has 3 aromatic rings. The van der Waals surface area contributed by atoms with E-state index in [4.69, 9.17) is 9.94 Å². The minimum absolute atomic E-state index is 0.321. The lowest BCUT2D eigenvalue weighted by Crippen LogP contribution is -2.17. The van der Waals surface area contributed by atoms with Gasteiger partial charge in [-0.25, -0.2) is 5.48 Å². The van der Waals surface area contributed by atoms with E-state index in [2.05, 4.69) is 29.2 Å². The molecule has 0 atom stereocenters. The molecule has 1 amide bonds. The third-order valence-electron chi connectivity index (χ3n) is 4.17. The molecule has 0 bridgehead atoms. The van der Waals surface area contributed by atoms with Crippen molar-refractivity contribution in [1.29, 1.82) is 0 Å². The van der Waals surface area contributed by atoms with Crippen LogP contribution in [-0.4, -0.2) is 22.7 Å². The van der Waals surface area contributed by atoms with Crippen molar-refractivity contribution in [3.8, 4) is 5.75 Å². The van der Waals surface area contributed by atoms with Crippen LogP contribution in [0.1, 0.15) is 32.1 Å². The third-order valence-corrected chi connectivity index (χ3v) is 4.17. The van der Waals surface area contributed by atoms with Crippen LogP contribution in [-0.2, 0) is 4.79 Å². The summed E-state index contributed by atoms with van der Waals surface area (Å²) < 4.78 is 5.85. The van der Waals surface area contributed by atoms with E-state index in [0.717, 1.165) is 42.5 Å². The Morgan fingerprint density at radius 1 is 1.00 bits per heavy atom. The number of carbonyl (C=O) groups excluding carboxylic acids is 1. The Bertz CT molecular complexity index is 826. The molecule has 0 aliphatic carbocycles. The molecule has 3 N–H and O–H groups in total. The molecule has 0 saturated heterocycles. The molecule has 5 heteroatoms. The van der Waals surface area contributed by atoms with Crippen LogP contribution in [0.25, 0.3) is 21.8 Å². The number of para-hydroxylation sites is 1. The first kappa shape index (κ1) is 16.3. The average Bonchev–Trinajstić information content (AvgIpc) is 2.98. The van der Waals surface area contributed by atoms with Gasteiger partial charge in [-0.15, -0.1) is 0 Å². The summed E-state index contributed by atoms with van der Waals surface area (Å²) in [5, 5.41) is 10.8. The largest absolute Gasteiger partial charge is 0.494 e. The molecule has 24 heavy (non-hydrogen) atoms. The minimum Gasteiger partial charge on any atom is -0.494 e. The lowest BCUT2D eigenvalue weighted by molar-refractivity contribution is -0.129. The van der Waals surface area contributed by atoms with E-state index in [9.17, 15) is 4.79 Å². The van der Waals surface area contributed by atoms with Crippen molar-refractivity contribution in [2.45, 2.75) is 32.1 Å². The van der Waals surface area contributed by atoms with Crippen molar-refractivity contribution < 1.29 is 14.7 Å². The fourth-order valence-electron chi connectivity index (χ4n) is 2.90. The van der Waals surface area contributed by atoms with Crippen LogP contribution in [0.15, 0.2) is 42.5 Å². The van der Waals surface area contributed by atoms with Gasteiger partial charge in [0.2, 0.25) is 5.91 Å². The quantitative estimate of drug-likeness (QED) is 0.331. The van der Waals surface area contributed by atoms with Crippen molar-refractivity contribution >= 4 is 27.7 Å². The molecule has 0 aliphatic rings. The van der Waals surface area contributed by atoms with Crippen LogP contribution in [0.5, 0.6) is 5.75 Å². The number of hydrogen-bond donors (Lipinski definition) is 3. The van der Waals surface area contributed by atoms with Gasteiger partial charge in [0, 0.05) is 28.2 Å². The first-order valence-corrected chi connectivity index (χ1v) is 8.34. The Hall–Kier alpha value is -2.53. The van der Waals surface area contributed by atoms with Crippen LogP contribution in [0.2, 0.25) is 0 Å². The molecule has 2 aromatic carbocycles. The van der Waals surface area contributed by atoms with Crippen molar-refractivity contribution in [3.63, 3.8) is 0 Å². The molecule has 3 rings (SSSR count). The van der Waals surface area contributed by atoms with Gasteiger partial charge >= 0.3 is 0 Å². The van der Waals surface area contributed by atoms with Gasteiger partial charge in [0.15, 0.2) is 0 Å². The fraction of sp³-hybridized carbons (Fsp3) is 0.316. The molecular formula is C19H22N2O3. The highest BCUT2D eigenvalue weighted by Gasteiger charge is 2.05. The number of H-pyrrole nitrogens is 1. The third kappa shape index (κ3) is 3.86. The van der Waals surface area contributed by atoms with Crippen molar-refractivity contribution in [2.24, 2.45) is 0 Å². The highest BCUT2D eigenvalue weighted by molar-refractivity contribution is 6.07. The van der Waals surface area contributed by atoms with Crippen molar-refractivity contribution in [3.05, 3.63) is 42.5 Å². The van der Waals surface area contributed by atoms with E-state index in [1.54, 1.807) is 5.48 Å². The van der Waals surface area contributed by atoms with Crippen LogP contribution >= 0.6 is 0 Å². The lowest BCUT2D eigenvalue weighted by Gasteiger charge is -2.06. The van der Waals surface area contributed by atoms with Crippen LogP contribution < -0.4 is 10.2 Å². The summed E-state index contributed by atoms with van der Waals surface area (Å²) in [6.45, 7) is 0.667. The topological polar surface area (TPSA) is 74.4 Å². The zero-order valence-electron chi connectivity index (χ0n) is 13.5. The number of fused-ring (bicyclic) bond motifs is 3. The van der Waals surface area contributed by atoms with Crippen molar-refractivity contribution in [1.82, 2.24) is 10.5 Å². The number of benzene rings is 2. The lowest BCUT2D eigenvalue weighted by atomic mass is 10.1. The number of carbonyl (C=O) groups is 1. The Labute approximate surface area is 140 Å². The predicted molar refractivity (Wildman–Crippen MR) is 94.3 cm³/mol.